The predicted octanol–water partition coefficient (Wildman–Crippen LogP) is 3.01. The molecule has 0 saturated heterocycles. The van der Waals surface area contributed by atoms with Gasteiger partial charge in [-0.1, -0.05) is 19.9 Å². The molecule has 0 radical (unpaired) electrons. The number of nitrogens with zero attached hydrogens (tertiary/aromatic N) is 2. The lowest BCUT2D eigenvalue weighted by Gasteiger charge is -2.27. The van der Waals surface area contributed by atoms with Crippen LogP contribution in [0.5, 0.6) is 5.75 Å². The van der Waals surface area contributed by atoms with E-state index in [9.17, 15) is 9.59 Å². The van der Waals surface area contributed by atoms with Crippen LogP contribution in [0.15, 0.2) is 18.2 Å². The normalized spacial score (nSPS) is 10.3. The zero-order chi connectivity index (χ0) is 17.4. The molecule has 1 aromatic rings. The summed E-state index contributed by atoms with van der Waals surface area (Å²) in [6, 6.07) is 5.61. The molecule has 0 spiro atoms. The highest BCUT2D eigenvalue weighted by Crippen LogP contribution is 2.29. The lowest BCUT2D eigenvalue weighted by Crippen LogP contribution is -2.43. The van der Waals surface area contributed by atoms with Crippen LogP contribution in [0.4, 0.5) is 5.69 Å². The second-order valence-electron chi connectivity index (χ2n) is 5.66. The quantitative estimate of drug-likeness (QED) is 0.740. The number of aryl methyl sites for hydroxylation is 1. The molecule has 0 N–H and O–H groups in total. The molecule has 0 aliphatic heterocycles. The van der Waals surface area contributed by atoms with Crippen LogP contribution in [-0.2, 0) is 9.59 Å². The molecule has 0 atom stereocenters. The van der Waals surface area contributed by atoms with Gasteiger partial charge in [0.25, 0.3) is 0 Å². The van der Waals surface area contributed by atoms with E-state index in [1.165, 1.54) is 11.8 Å². The van der Waals surface area contributed by atoms with Gasteiger partial charge in [-0.05, 0) is 37.5 Å². The molecule has 0 unspecified atom stereocenters. The zero-order valence-electron chi connectivity index (χ0n) is 14.9. The van der Waals surface area contributed by atoms with Crippen molar-refractivity contribution in [2.24, 2.45) is 0 Å². The number of amides is 2. The van der Waals surface area contributed by atoms with Crippen molar-refractivity contribution >= 4 is 17.5 Å². The molecule has 5 heteroatoms. The molecule has 23 heavy (non-hydrogen) atoms. The number of ether oxygens (including phenoxy) is 1. The Morgan fingerprint density at radius 3 is 2.22 bits per heavy atom. The van der Waals surface area contributed by atoms with Gasteiger partial charge in [0.05, 0.1) is 12.8 Å². The SMILES string of the molecule is CCCN(CCC)C(=O)CN(C(C)=O)c1cc(C)ccc1OC. The minimum absolute atomic E-state index is 0.0348. The summed E-state index contributed by atoms with van der Waals surface area (Å²) in [6.07, 6.45) is 1.80. The Labute approximate surface area is 139 Å². The van der Waals surface area contributed by atoms with Gasteiger partial charge in [0.15, 0.2) is 0 Å². The third-order valence-electron chi connectivity index (χ3n) is 3.64. The van der Waals surface area contributed by atoms with E-state index in [2.05, 4.69) is 0 Å². The number of hydrogen-bond donors (Lipinski definition) is 0. The van der Waals surface area contributed by atoms with Crippen LogP contribution in [0, 0.1) is 6.92 Å². The Balaban J connectivity index is 3.06. The second kappa shape index (κ2) is 9.18. The van der Waals surface area contributed by atoms with E-state index in [1.54, 1.807) is 7.11 Å². The largest absolute Gasteiger partial charge is 0.495 e. The maximum Gasteiger partial charge on any atom is 0.242 e. The third-order valence-corrected chi connectivity index (χ3v) is 3.64. The van der Waals surface area contributed by atoms with Crippen LogP contribution in [0.2, 0.25) is 0 Å². The van der Waals surface area contributed by atoms with Crippen LogP contribution < -0.4 is 9.64 Å². The monoisotopic (exact) mass is 320 g/mol. The maximum absolute atomic E-state index is 12.6. The van der Waals surface area contributed by atoms with Crippen molar-refractivity contribution in [1.82, 2.24) is 4.90 Å². The molecule has 5 nitrogen and oxygen atoms in total. The van der Waals surface area contributed by atoms with Gasteiger partial charge in [-0.3, -0.25) is 14.5 Å². The molecule has 0 aromatic heterocycles. The number of anilines is 1. The molecule has 0 bridgehead atoms. The van der Waals surface area contributed by atoms with Gasteiger partial charge < -0.3 is 9.64 Å². The molecule has 0 saturated carbocycles. The summed E-state index contributed by atoms with van der Waals surface area (Å²) in [7, 11) is 1.56. The van der Waals surface area contributed by atoms with Crippen molar-refractivity contribution < 1.29 is 14.3 Å². The Kier molecular flexibility index (Phi) is 7.59. The standard InChI is InChI=1S/C18H28N2O3/c1-6-10-19(11-7-2)18(22)13-20(15(4)21)16-12-14(3)8-9-17(16)23-5/h8-9,12H,6-7,10-11,13H2,1-5H3. The first-order chi connectivity index (χ1) is 10.9. The van der Waals surface area contributed by atoms with Crippen molar-refractivity contribution in [3.63, 3.8) is 0 Å². The lowest BCUT2D eigenvalue weighted by molar-refractivity contribution is -0.131. The molecule has 1 aromatic carbocycles. The highest BCUT2D eigenvalue weighted by Gasteiger charge is 2.22. The van der Waals surface area contributed by atoms with E-state index in [1.807, 2.05) is 43.9 Å². The molecular weight excluding hydrogens is 292 g/mol. The average Bonchev–Trinajstić information content (AvgIpc) is 2.51. The zero-order valence-corrected chi connectivity index (χ0v) is 14.9. The van der Waals surface area contributed by atoms with E-state index < -0.39 is 0 Å². The second-order valence-corrected chi connectivity index (χ2v) is 5.66. The summed E-state index contributed by atoms with van der Waals surface area (Å²) in [5.41, 5.74) is 1.65. The molecule has 0 fully saturated rings. The fourth-order valence-corrected chi connectivity index (χ4v) is 2.51. The minimum Gasteiger partial charge on any atom is -0.495 e. The molecule has 128 valence electrons. The van der Waals surface area contributed by atoms with E-state index in [0.29, 0.717) is 24.5 Å². The first-order valence-electron chi connectivity index (χ1n) is 8.15. The van der Waals surface area contributed by atoms with E-state index in [4.69, 9.17) is 4.74 Å². The van der Waals surface area contributed by atoms with E-state index >= 15 is 0 Å². The van der Waals surface area contributed by atoms with Crippen molar-refractivity contribution in [3.05, 3.63) is 23.8 Å². The summed E-state index contributed by atoms with van der Waals surface area (Å²) in [5.74, 6) is 0.388. The number of rotatable bonds is 8. The highest BCUT2D eigenvalue weighted by atomic mass is 16.5. The number of carbonyl (C=O) groups is 2. The molecule has 1 rings (SSSR count). The van der Waals surface area contributed by atoms with Gasteiger partial charge in [0.1, 0.15) is 12.3 Å². The number of carbonyl (C=O) groups excluding carboxylic acids is 2. The molecular formula is C18H28N2O3. The van der Waals surface area contributed by atoms with Crippen LogP contribution >= 0.6 is 0 Å². The van der Waals surface area contributed by atoms with Crippen LogP contribution in [0.25, 0.3) is 0 Å². The van der Waals surface area contributed by atoms with Crippen molar-refractivity contribution in [2.45, 2.75) is 40.5 Å². The van der Waals surface area contributed by atoms with Gasteiger partial charge in [0, 0.05) is 20.0 Å². The van der Waals surface area contributed by atoms with Gasteiger partial charge in [-0.2, -0.15) is 0 Å². The lowest BCUT2D eigenvalue weighted by atomic mass is 10.2. The average molecular weight is 320 g/mol. The van der Waals surface area contributed by atoms with E-state index in [0.717, 1.165) is 18.4 Å². The first-order valence-corrected chi connectivity index (χ1v) is 8.15. The van der Waals surface area contributed by atoms with Crippen molar-refractivity contribution in [3.8, 4) is 5.75 Å². The Morgan fingerprint density at radius 2 is 1.74 bits per heavy atom. The smallest absolute Gasteiger partial charge is 0.242 e. The molecule has 2 amide bonds. The Bertz CT molecular complexity index is 537. The number of benzene rings is 1. The van der Waals surface area contributed by atoms with Gasteiger partial charge >= 0.3 is 0 Å². The van der Waals surface area contributed by atoms with Crippen molar-refractivity contribution in [1.29, 1.82) is 0 Å². The summed E-state index contributed by atoms with van der Waals surface area (Å²) >= 11 is 0. The molecule has 0 aliphatic rings. The number of methoxy groups -OCH3 is 1. The topological polar surface area (TPSA) is 49.9 Å². The fourth-order valence-electron chi connectivity index (χ4n) is 2.51. The summed E-state index contributed by atoms with van der Waals surface area (Å²) < 4.78 is 5.35. The predicted molar refractivity (Wildman–Crippen MR) is 92.9 cm³/mol. The summed E-state index contributed by atoms with van der Waals surface area (Å²) in [5, 5.41) is 0. The van der Waals surface area contributed by atoms with Gasteiger partial charge in [0.2, 0.25) is 11.8 Å². The fraction of sp³-hybridized carbons (Fsp3) is 0.556. The summed E-state index contributed by atoms with van der Waals surface area (Å²) in [4.78, 5) is 28.0. The van der Waals surface area contributed by atoms with Gasteiger partial charge in [-0.25, -0.2) is 0 Å². The molecule has 0 heterocycles. The number of hydrogen-bond acceptors (Lipinski definition) is 3. The first kappa shape index (κ1) is 19.0. The van der Waals surface area contributed by atoms with Crippen LogP contribution in [-0.4, -0.2) is 43.5 Å². The summed E-state index contributed by atoms with van der Waals surface area (Å²) in [6.45, 7) is 8.97. The van der Waals surface area contributed by atoms with Crippen molar-refractivity contribution in [2.75, 3.05) is 31.6 Å². The van der Waals surface area contributed by atoms with Gasteiger partial charge in [-0.15, -0.1) is 0 Å². The Morgan fingerprint density at radius 1 is 1.13 bits per heavy atom. The molecule has 0 aliphatic carbocycles. The minimum atomic E-state index is -0.171. The van der Waals surface area contributed by atoms with Crippen LogP contribution in [0.1, 0.15) is 39.2 Å². The third kappa shape index (κ3) is 5.27. The highest BCUT2D eigenvalue weighted by molar-refractivity contribution is 5.98. The Hall–Kier alpha value is -2.04. The van der Waals surface area contributed by atoms with E-state index in [-0.39, 0.29) is 18.4 Å². The van der Waals surface area contributed by atoms with Crippen LogP contribution in [0.3, 0.4) is 0 Å². The maximum atomic E-state index is 12.6.